The van der Waals surface area contributed by atoms with Gasteiger partial charge in [-0.2, -0.15) is 10.1 Å². The number of aromatic hydroxyl groups is 1. The van der Waals surface area contributed by atoms with Crippen molar-refractivity contribution in [1.29, 1.82) is 0 Å². The number of ether oxygens (including phenoxy) is 1. The first-order chi connectivity index (χ1) is 13.7. The molecular formula is C19H15Cl2N3O5. The maximum atomic E-state index is 12.9. The van der Waals surface area contributed by atoms with Crippen LogP contribution >= 0.6 is 23.2 Å². The van der Waals surface area contributed by atoms with Gasteiger partial charge in [0, 0.05) is 16.1 Å². The molecule has 0 spiro atoms. The number of rotatable bonds is 5. The Hall–Kier alpha value is -3.10. The number of benzene rings is 2. The van der Waals surface area contributed by atoms with Crippen LogP contribution in [0.25, 0.3) is 6.08 Å². The second kappa shape index (κ2) is 8.10. The van der Waals surface area contributed by atoms with E-state index >= 15 is 0 Å². The average molecular weight is 436 g/mol. The number of amides is 1. The number of nitro benzene ring substituents is 1. The van der Waals surface area contributed by atoms with E-state index in [2.05, 4.69) is 5.10 Å². The molecular weight excluding hydrogens is 421 g/mol. The van der Waals surface area contributed by atoms with Crippen LogP contribution in [0.1, 0.15) is 19.4 Å². The summed E-state index contributed by atoms with van der Waals surface area (Å²) in [6.45, 7) is 3.52. The van der Waals surface area contributed by atoms with Gasteiger partial charge < -0.3 is 9.84 Å². The SMILES string of the molecule is CCOc1cc(C=C2C(=O)N(c3cc(Cl)cc(Cl)c3)N=C2C)cc([N+](=O)[O-])c1O. The van der Waals surface area contributed by atoms with Crippen LogP contribution in [0, 0.1) is 10.1 Å². The van der Waals surface area contributed by atoms with Crippen molar-refractivity contribution in [1.82, 2.24) is 0 Å². The monoisotopic (exact) mass is 435 g/mol. The van der Waals surface area contributed by atoms with E-state index in [1.165, 1.54) is 18.2 Å². The summed E-state index contributed by atoms with van der Waals surface area (Å²) in [5, 5.41) is 27.3. The molecule has 1 amide bonds. The van der Waals surface area contributed by atoms with Crippen molar-refractivity contribution >= 4 is 52.3 Å². The summed E-state index contributed by atoms with van der Waals surface area (Å²) in [6.07, 6.45) is 1.45. The first kappa shape index (κ1) is 20.6. The van der Waals surface area contributed by atoms with Gasteiger partial charge in [-0.15, -0.1) is 0 Å². The van der Waals surface area contributed by atoms with Crippen LogP contribution in [0.5, 0.6) is 11.5 Å². The van der Waals surface area contributed by atoms with Crippen LogP contribution < -0.4 is 9.75 Å². The van der Waals surface area contributed by atoms with E-state index in [1.807, 2.05) is 0 Å². The normalized spacial score (nSPS) is 15.0. The predicted octanol–water partition coefficient (Wildman–Crippen LogP) is 4.81. The molecule has 0 bridgehead atoms. The van der Waals surface area contributed by atoms with Crippen LogP contribution in [0.2, 0.25) is 10.0 Å². The molecule has 1 N–H and O–H groups in total. The number of hydrogen-bond acceptors (Lipinski definition) is 6. The van der Waals surface area contributed by atoms with Gasteiger partial charge in [0.25, 0.3) is 5.91 Å². The molecule has 2 aromatic rings. The minimum Gasteiger partial charge on any atom is -0.500 e. The molecule has 29 heavy (non-hydrogen) atoms. The molecule has 0 radical (unpaired) electrons. The van der Waals surface area contributed by atoms with Gasteiger partial charge in [-0.1, -0.05) is 23.2 Å². The van der Waals surface area contributed by atoms with E-state index < -0.39 is 22.3 Å². The minimum absolute atomic E-state index is 0.0490. The molecule has 0 atom stereocenters. The maximum Gasteiger partial charge on any atom is 0.315 e. The Morgan fingerprint density at radius 3 is 2.48 bits per heavy atom. The molecule has 0 saturated carbocycles. The number of anilines is 1. The fraction of sp³-hybridized carbons (Fsp3) is 0.158. The minimum atomic E-state index is -0.725. The van der Waals surface area contributed by atoms with E-state index in [0.29, 0.717) is 27.0 Å². The van der Waals surface area contributed by atoms with E-state index in [4.69, 9.17) is 27.9 Å². The number of carbonyl (C=O) groups is 1. The standard InChI is InChI=1S/C19H15Cl2N3O5/c1-3-29-17-6-11(5-16(18(17)25)24(27)28)4-15-10(2)22-23(19(15)26)14-8-12(20)7-13(21)9-14/h4-9,25H,3H2,1-2H3. The summed E-state index contributed by atoms with van der Waals surface area (Å²) in [4.78, 5) is 23.4. The molecule has 150 valence electrons. The number of nitro groups is 1. The van der Waals surface area contributed by atoms with Crippen LogP contribution in [0.4, 0.5) is 11.4 Å². The third-order valence-corrected chi connectivity index (χ3v) is 4.48. The Balaban J connectivity index is 2.04. The highest BCUT2D eigenvalue weighted by atomic mass is 35.5. The molecule has 0 fully saturated rings. The molecule has 3 rings (SSSR count). The summed E-state index contributed by atoms with van der Waals surface area (Å²) in [7, 11) is 0. The molecule has 0 aromatic heterocycles. The zero-order chi connectivity index (χ0) is 21.3. The van der Waals surface area contributed by atoms with Crippen molar-refractivity contribution in [3.05, 3.63) is 61.6 Å². The third kappa shape index (κ3) is 4.18. The van der Waals surface area contributed by atoms with Crippen molar-refractivity contribution in [2.24, 2.45) is 5.10 Å². The molecule has 0 aliphatic carbocycles. The van der Waals surface area contributed by atoms with Gasteiger partial charge in [0.1, 0.15) is 0 Å². The highest BCUT2D eigenvalue weighted by Crippen LogP contribution is 2.38. The largest absolute Gasteiger partial charge is 0.500 e. The Morgan fingerprint density at radius 1 is 1.24 bits per heavy atom. The fourth-order valence-corrected chi connectivity index (χ4v) is 3.30. The predicted molar refractivity (Wildman–Crippen MR) is 111 cm³/mol. The smallest absolute Gasteiger partial charge is 0.315 e. The number of phenolic OH excluding ortho intramolecular Hbond substituents is 1. The summed E-state index contributed by atoms with van der Waals surface area (Å²) >= 11 is 12.0. The Bertz CT molecular complexity index is 1060. The molecule has 0 unspecified atom stereocenters. The molecule has 2 aromatic carbocycles. The number of hydrogen-bond donors (Lipinski definition) is 1. The van der Waals surface area contributed by atoms with Crippen molar-refractivity contribution < 1.29 is 19.6 Å². The summed E-state index contributed by atoms with van der Waals surface area (Å²) in [6, 6.07) is 7.20. The summed E-state index contributed by atoms with van der Waals surface area (Å²) < 4.78 is 5.26. The van der Waals surface area contributed by atoms with E-state index in [9.17, 15) is 20.0 Å². The lowest BCUT2D eigenvalue weighted by Gasteiger charge is -2.12. The van der Waals surface area contributed by atoms with Gasteiger partial charge in [0.2, 0.25) is 5.75 Å². The molecule has 1 aliphatic rings. The van der Waals surface area contributed by atoms with Crippen molar-refractivity contribution in [3.63, 3.8) is 0 Å². The molecule has 1 heterocycles. The number of phenols is 1. The van der Waals surface area contributed by atoms with Crippen molar-refractivity contribution in [3.8, 4) is 11.5 Å². The summed E-state index contributed by atoms with van der Waals surface area (Å²) in [5.41, 5.74) is 0.799. The van der Waals surface area contributed by atoms with Gasteiger partial charge in [0.15, 0.2) is 5.75 Å². The van der Waals surface area contributed by atoms with Crippen LogP contribution in [0.15, 0.2) is 41.0 Å². The average Bonchev–Trinajstić information content (AvgIpc) is 2.91. The van der Waals surface area contributed by atoms with E-state index in [-0.39, 0.29) is 17.9 Å². The first-order valence-electron chi connectivity index (χ1n) is 8.43. The molecule has 8 nitrogen and oxygen atoms in total. The highest BCUT2D eigenvalue weighted by Gasteiger charge is 2.30. The fourth-order valence-electron chi connectivity index (χ4n) is 2.79. The lowest BCUT2D eigenvalue weighted by Crippen LogP contribution is -2.21. The van der Waals surface area contributed by atoms with E-state index in [0.717, 1.165) is 11.1 Å². The topological polar surface area (TPSA) is 105 Å². The summed E-state index contributed by atoms with van der Waals surface area (Å²) in [5.74, 6) is -1.07. The highest BCUT2D eigenvalue weighted by molar-refractivity contribution is 6.36. The number of halogens is 2. The Morgan fingerprint density at radius 2 is 1.90 bits per heavy atom. The first-order valence-corrected chi connectivity index (χ1v) is 9.19. The van der Waals surface area contributed by atoms with Gasteiger partial charge in [0.05, 0.1) is 28.5 Å². The Kier molecular flexibility index (Phi) is 5.76. The van der Waals surface area contributed by atoms with Crippen molar-refractivity contribution in [2.45, 2.75) is 13.8 Å². The molecule has 0 saturated heterocycles. The van der Waals surface area contributed by atoms with Gasteiger partial charge >= 0.3 is 5.69 Å². The maximum absolute atomic E-state index is 12.9. The van der Waals surface area contributed by atoms with Crippen LogP contribution in [-0.4, -0.2) is 28.3 Å². The number of hydrazone groups is 1. The second-order valence-corrected chi connectivity index (χ2v) is 6.94. The number of nitrogens with zero attached hydrogens (tertiary/aromatic N) is 3. The van der Waals surface area contributed by atoms with E-state index in [1.54, 1.807) is 26.0 Å². The molecule has 10 heteroatoms. The van der Waals surface area contributed by atoms with Gasteiger partial charge in [-0.3, -0.25) is 14.9 Å². The van der Waals surface area contributed by atoms with Crippen molar-refractivity contribution in [2.75, 3.05) is 11.6 Å². The zero-order valence-electron chi connectivity index (χ0n) is 15.3. The van der Waals surface area contributed by atoms with Gasteiger partial charge in [-0.05, 0) is 49.8 Å². The number of carbonyl (C=O) groups excluding carboxylic acids is 1. The quantitative estimate of drug-likeness (QED) is 0.411. The van der Waals surface area contributed by atoms with Crippen LogP contribution in [-0.2, 0) is 4.79 Å². The molecule has 1 aliphatic heterocycles. The lowest BCUT2D eigenvalue weighted by atomic mass is 10.1. The van der Waals surface area contributed by atoms with Crippen LogP contribution in [0.3, 0.4) is 0 Å². The van der Waals surface area contributed by atoms with Gasteiger partial charge in [-0.25, -0.2) is 0 Å². The third-order valence-electron chi connectivity index (χ3n) is 4.04. The second-order valence-electron chi connectivity index (χ2n) is 6.06. The Labute approximate surface area is 175 Å². The zero-order valence-corrected chi connectivity index (χ0v) is 16.9. The lowest BCUT2D eigenvalue weighted by molar-refractivity contribution is -0.386.